The summed E-state index contributed by atoms with van der Waals surface area (Å²) in [5.74, 6) is -0.527. The number of benzene rings is 2. The third kappa shape index (κ3) is 3.68. The number of nitriles is 1. The summed E-state index contributed by atoms with van der Waals surface area (Å²) in [5, 5.41) is 9.73. The molecule has 6 nitrogen and oxygen atoms in total. The number of hydrogen-bond acceptors (Lipinski definition) is 5. The SMILES string of the molecule is CCOC(=O)C=Cc1cn(S(=O)(=O)c2ccc(C)cc2)c2ccc(C#N)cc12. The molecule has 1 heterocycles. The number of ether oxygens (including phenoxy) is 1. The van der Waals surface area contributed by atoms with E-state index in [0.717, 1.165) is 5.56 Å². The van der Waals surface area contributed by atoms with Gasteiger partial charge in [-0.25, -0.2) is 17.2 Å². The summed E-state index contributed by atoms with van der Waals surface area (Å²) in [6.45, 7) is 3.82. The van der Waals surface area contributed by atoms with Gasteiger partial charge in [0.1, 0.15) is 0 Å². The lowest BCUT2D eigenvalue weighted by Gasteiger charge is -2.08. The van der Waals surface area contributed by atoms with Crippen LogP contribution in [0.3, 0.4) is 0 Å². The highest BCUT2D eigenvalue weighted by molar-refractivity contribution is 7.90. The van der Waals surface area contributed by atoms with E-state index >= 15 is 0 Å². The number of carbonyl (C=O) groups is 1. The maximum Gasteiger partial charge on any atom is 0.330 e. The highest BCUT2D eigenvalue weighted by Crippen LogP contribution is 2.28. The van der Waals surface area contributed by atoms with Crippen molar-refractivity contribution in [1.29, 1.82) is 5.26 Å². The Morgan fingerprint density at radius 1 is 1.21 bits per heavy atom. The molecule has 0 aliphatic rings. The quantitative estimate of drug-likeness (QED) is 0.487. The number of rotatable bonds is 5. The van der Waals surface area contributed by atoms with E-state index in [2.05, 4.69) is 0 Å². The molecule has 1 aromatic heterocycles. The molecular weight excluding hydrogens is 376 g/mol. The molecule has 0 bridgehead atoms. The highest BCUT2D eigenvalue weighted by atomic mass is 32.2. The molecule has 3 aromatic rings. The van der Waals surface area contributed by atoms with Crippen LogP contribution in [0.2, 0.25) is 0 Å². The van der Waals surface area contributed by atoms with Crippen LogP contribution in [0.15, 0.2) is 59.6 Å². The summed E-state index contributed by atoms with van der Waals surface area (Å²) in [4.78, 5) is 11.8. The first-order chi connectivity index (χ1) is 13.4. The average Bonchev–Trinajstić information content (AvgIpc) is 3.05. The van der Waals surface area contributed by atoms with Crippen LogP contribution < -0.4 is 0 Å². The molecule has 0 aliphatic carbocycles. The highest BCUT2D eigenvalue weighted by Gasteiger charge is 2.21. The van der Waals surface area contributed by atoms with Crippen molar-refractivity contribution in [2.45, 2.75) is 18.7 Å². The fraction of sp³-hybridized carbons (Fsp3) is 0.143. The van der Waals surface area contributed by atoms with Crippen LogP contribution in [-0.2, 0) is 19.6 Å². The molecule has 0 radical (unpaired) electrons. The number of nitrogens with zero attached hydrogens (tertiary/aromatic N) is 2. The third-order valence-corrected chi connectivity index (χ3v) is 5.88. The number of hydrogen-bond donors (Lipinski definition) is 0. The van der Waals surface area contributed by atoms with Gasteiger partial charge in [-0.3, -0.25) is 0 Å². The van der Waals surface area contributed by atoms with Crippen LogP contribution in [-0.4, -0.2) is 25.0 Å². The van der Waals surface area contributed by atoms with Crippen LogP contribution >= 0.6 is 0 Å². The van der Waals surface area contributed by atoms with E-state index in [4.69, 9.17) is 4.74 Å². The number of esters is 1. The summed E-state index contributed by atoms with van der Waals surface area (Å²) < 4.78 is 32.3. The van der Waals surface area contributed by atoms with Crippen molar-refractivity contribution in [3.05, 3.63) is 71.4 Å². The van der Waals surface area contributed by atoms with Gasteiger partial charge in [-0.2, -0.15) is 5.26 Å². The third-order valence-electron chi connectivity index (χ3n) is 4.19. The first-order valence-corrected chi connectivity index (χ1v) is 10.0. The Labute approximate surface area is 163 Å². The number of aromatic nitrogens is 1. The zero-order chi connectivity index (χ0) is 20.3. The lowest BCUT2D eigenvalue weighted by Crippen LogP contribution is -2.11. The lowest BCUT2D eigenvalue weighted by molar-refractivity contribution is -0.137. The molecule has 0 fully saturated rings. The first-order valence-electron chi connectivity index (χ1n) is 8.59. The molecule has 0 aliphatic heterocycles. The largest absolute Gasteiger partial charge is 0.463 e. The number of carbonyl (C=O) groups excluding carboxylic acids is 1. The molecule has 0 spiro atoms. The fourth-order valence-electron chi connectivity index (χ4n) is 2.80. The van der Waals surface area contributed by atoms with Gasteiger partial charge < -0.3 is 4.74 Å². The summed E-state index contributed by atoms with van der Waals surface area (Å²) >= 11 is 0. The second-order valence-corrected chi connectivity index (χ2v) is 7.94. The van der Waals surface area contributed by atoms with Crippen molar-refractivity contribution >= 4 is 33.0 Å². The van der Waals surface area contributed by atoms with Crippen LogP contribution in [0.5, 0.6) is 0 Å². The van der Waals surface area contributed by atoms with Gasteiger partial charge in [0, 0.05) is 23.2 Å². The van der Waals surface area contributed by atoms with Crippen LogP contribution in [0, 0.1) is 18.3 Å². The monoisotopic (exact) mass is 394 g/mol. The Morgan fingerprint density at radius 2 is 1.93 bits per heavy atom. The molecule has 0 saturated carbocycles. The van der Waals surface area contributed by atoms with Crippen LogP contribution in [0.25, 0.3) is 17.0 Å². The molecule has 7 heteroatoms. The van der Waals surface area contributed by atoms with Gasteiger partial charge in [0.2, 0.25) is 0 Å². The minimum atomic E-state index is -3.85. The van der Waals surface area contributed by atoms with Crippen molar-refractivity contribution in [2.24, 2.45) is 0 Å². The zero-order valence-corrected chi connectivity index (χ0v) is 16.2. The van der Waals surface area contributed by atoms with Crippen LogP contribution in [0.1, 0.15) is 23.6 Å². The normalized spacial score (nSPS) is 11.6. The maximum atomic E-state index is 13.1. The van der Waals surface area contributed by atoms with E-state index in [1.165, 1.54) is 22.3 Å². The summed E-state index contributed by atoms with van der Waals surface area (Å²) in [7, 11) is -3.85. The minimum absolute atomic E-state index is 0.153. The summed E-state index contributed by atoms with van der Waals surface area (Å²) in [6.07, 6.45) is 4.17. The average molecular weight is 394 g/mol. The number of fused-ring (bicyclic) bond motifs is 1. The zero-order valence-electron chi connectivity index (χ0n) is 15.4. The molecular formula is C21H18N2O4S. The Bertz CT molecular complexity index is 1210. The van der Waals surface area contributed by atoms with E-state index < -0.39 is 16.0 Å². The van der Waals surface area contributed by atoms with Gasteiger partial charge in [0.05, 0.1) is 28.7 Å². The van der Waals surface area contributed by atoms with Crippen molar-refractivity contribution in [1.82, 2.24) is 3.97 Å². The van der Waals surface area contributed by atoms with Gasteiger partial charge >= 0.3 is 5.97 Å². The summed E-state index contributed by atoms with van der Waals surface area (Å²) in [6, 6.07) is 13.3. The minimum Gasteiger partial charge on any atom is -0.463 e. The van der Waals surface area contributed by atoms with Crippen LogP contribution in [0.4, 0.5) is 0 Å². The molecule has 3 rings (SSSR count). The molecule has 0 N–H and O–H groups in total. The Hall–Kier alpha value is -3.37. The Balaban J connectivity index is 2.19. The van der Waals surface area contributed by atoms with E-state index in [0.29, 0.717) is 22.0 Å². The second-order valence-electron chi connectivity index (χ2n) is 6.13. The predicted octanol–water partition coefficient (Wildman–Crippen LogP) is 3.63. The van der Waals surface area contributed by atoms with Crippen molar-refractivity contribution < 1.29 is 17.9 Å². The molecule has 2 aromatic carbocycles. The second kappa shape index (κ2) is 7.71. The lowest BCUT2D eigenvalue weighted by atomic mass is 10.1. The molecule has 0 atom stereocenters. The summed E-state index contributed by atoms with van der Waals surface area (Å²) in [5.41, 5.74) is 2.26. The van der Waals surface area contributed by atoms with Gasteiger partial charge in [-0.05, 0) is 50.3 Å². The predicted molar refractivity (Wildman–Crippen MR) is 106 cm³/mol. The smallest absolute Gasteiger partial charge is 0.330 e. The molecule has 28 heavy (non-hydrogen) atoms. The van der Waals surface area contributed by atoms with Gasteiger partial charge in [-0.15, -0.1) is 0 Å². The maximum absolute atomic E-state index is 13.1. The fourth-order valence-corrected chi connectivity index (χ4v) is 4.18. The van der Waals surface area contributed by atoms with Gasteiger partial charge in [0.15, 0.2) is 0 Å². The van der Waals surface area contributed by atoms with E-state index in [1.807, 2.05) is 13.0 Å². The Morgan fingerprint density at radius 3 is 2.57 bits per heavy atom. The first kappa shape index (κ1) is 19.4. The standard InChI is InChI=1S/C21H18N2O4S/c1-3-27-21(24)11-7-17-14-23(20-10-6-16(13-22)12-19(17)20)28(25,26)18-8-4-15(2)5-9-18/h4-12,14H,3H2,1-2H3. The molecule has 142 valence electrons. The van der Waals surface area contributed by atoms with E-state index in [-0.39, 0.29) is 11.5 Å². The topological polar surface area (TPSA) is 89.2 Å². The molecule has 0 amide bonds. The van der Waals surface area contributed by atoms with Crippen molar-refractivity contribution in [3.63, 3.8) is 0 Å². The van der Waals surface area contributed by atoms with Gasteiger partial charge in [0.25, 0.3) is 10.0 Å². The molecule has 0 unspecified atom stereocenters. The Kier molecular flexibility index (Phi) is 5.34. The molecule has 0 saturated heterocycles. The number of aryl methyl sites for hydroxylation is 1. The van der Waals surface area contributed by atoms with E-state index in [1.54, 1.807) is 49.4 Å². The van der Waals surface area contributed by atoms with E-state index in [9.17, 15) is 18.5 Å². The van der Waals surface area contributed by atoms with Crippen molar-refractivity contribution in [3.8, 4) is 6.07 Å². The van der Waals surface area contributed by atoms with Crippen molar-refractivity contribution in [2.75, 3.05) is 6.61 Å². The van der Waals surface area contributed by atoms with Gasteiger partial charge in [-0.1, -0.05) is 17.7 Å².